The Morgan fingerprint density at radius 2 is 1.37 bits per heavy atom. The van der Waals surface area contributed by atoms with Gasteiger partial charge in [0, 0.05) is 16.5 Å². The van der Waals surface area contributed by atoms with Crippen LogP contribution in [-0.2, 0) is 11.3 Å². The SMILES string of the molecule is CCCCCCCCCCCCCCOc1ccccc1NC(=O)c1ccc2c(N(Cc3ccccc3)C(=O)SCCC(=O)O)cccc2c1O. The highest BCUT2D eigenvalue weighted by molar-refractivity contribution is 8.13. The van der Waals surface area contributed by atoms with E-state index < -0.39 is 11.9 Å². The van der Waals surface area contributed by atoms with E-state index in [9.17, 15) is 19.5 Å². The molecule has 4 rings (SSSR count). The van der Waals surface area contributed by atoms with Crippen molar-refractivity contribution in [3.8, 4) is 11.5 Å². The molecule has 0 fully saturated rings. The molecule has 0 unspecified atom stereocenters. The lowest BCUT2D eigenvalue weighted by molar-refractivity contribution is -0.136. The number of aromatic hydroxyl groups is 1. The Kier molecular flexibility index (Phi) is 16.7. The minimum absolute atomic E-state index is 0.0900. The number of thioether (sulfide) groups is 1. The molecule has 0 aliphatic heterocycles. The third-order valence-corrected chi connectivity index (χ3v) is 9.76. The highest BCUT2D eigenvalue weighted by Gasteiger charge is 2.22. The number of ether oxygens (including phenoxy) is 1. The summed E-state index contributed by atoms with van der Waals surface area (Å²) in [5.74, 6) is -0.953. The van der Waals surface area contributed by atoms with Crippen molar-refractivity contribution in [2.24, 2.45) is 0 Å². The minimum atomic E-state index is -0.973. The molecule has 4 aromatic carbocycles. The summed E-state index contributed by atoms with van der Waals surface area (Å²) in [6.07, 6.45) is 15.1. The zero-order chi connectivity index (χ0) is 36.3. The van der Waals surface area contributed by atoms with Crippen LogP contribution in [-0.4, -0.2) is 39.7 Å². The maximum Gasteiger partial charge on any atom is 0.304 e. The summed E-state index contributed by atoms with van der Waals surface area (Å²) in [7, 11) is 0. The van der Waals surface area contributed by atoms with Crippen molar-refractivity contribution in [3.05, 3.63) is 96.1 Å². The molecule has 0 saturated heterocycles. The molecule has 0 atom stereocenters. The van der Waals surface area contributed by atoms with Crippen molar-refractivity contribution >= 4 is 51.0 Å². The number of carboxylic acid groups (broad SMARTS) is 1. The molecule has 2 amide bonds. The van der Waals surface area contributed by atoms with Crippen LogP contribution in [0.5, 0.6) is 11.5 Å². The van der Waals surface area contributed by atoms with E-state index in [1.165, 1.54) is 64.2 Å². The second kappa shape index (κ2) is 21.7. The molecule has 0 saturated carbocycles. The van der Waals surface area contributed by atoms with Crippen LogP contribution in [0.1, 0.15) is 106 Å². The van der Waals surface area contributed by atoms with E-state index in [-0.39, 0.29) is 35.3 Å². The second-order valence-electron chi connectivity index (χ2n) is 12.9. The van der Waals surface area contributed by atoms with Crippen LogP contribution < -0.4 is 15.0 Å². The van der Waals surface area contributed by atoms with E-state index >= 15 is 0 Å². The third kappa shape index (κ3) is 12.6. The van der Waals surface area contributed by atoms with E-state index in [1.54, 1.807) is 41.3 Å². The van der Waals surface area contributed by atoms with Gasteiger partial charge in [-0.3, -0.25) is 19.3 Å². The van der Waals surface area contributed by atoms with Gasteiger partial charge in [0.1, 0.15) is 11.5 Å². The minimum Gasteiger partial charge on any atom is -0.506 e. The van der Waals surface area contributed by atoms with Crippen molar-refractivity contribution < 1.29 is 29.3 Å². The number of anilines is 2. The number of amides is 2. The van der Waals surface area contributed by atoms with Crippen LogP contribution in [0, 0.1) is 0 Å². The van der Waals surface area contributed by atoms with Gasteiger partial charge in [-0.25, -0.2) is 0 Å². The first-order chi connectivity index (χ1) is 24.9. The van der Waals surface area contributed by atoms with Crippen LogP contribution in [0.3, 0.4) is 0 Å². The Morgan fingerprint density at radius 1 is 0.725 bits per heavy atom. The van der Waals surface area contributed by atoms with Gasteiger partial charge in [-0.2, -0.15) is 0 Å². The second-order valence-corrected chi connectivity index (χ2v) is 13.9. The number of phenolic OH excluding ortho intramolecular Hbond substituents is 1. The molecular formula is C42H52N2O6S. The summed E-state index contributed by atoms with van der Waals surface area (Å²) in [6, 6.07) is 25.3. The predicted octanol–water partition coefficient (Wildman–Crippen LogP) is 11.2. The number of hydrogen-bond donors (Lipinski definition) is 3. The van der Waals surface area contributed by atoms with Crippen molar-refractivity contribution in [1.29, 1.82) is 0 Å². The van der Waals surface area contributed by atoms with Gasteiger partial charge in [0.25, 0.3) is 11.1 Å². The Hall–Kier alpha value is -4.50. The molecule has 4 aromatic rings. The first-order valence-electron chi connectivity index (χ1n) is 18.4. The molecular weight excluding hydrogens is 661 g/mol. The molecule has 0 aliphatic carbocycles. The lowest BCUT2D eigenvalue weighted by Gasteiger charge is -2.24. The molecule has 8 nitrogen and oxygen atoms in total. The van der Waals surface area contributed by atoms with Crippen LogP contribution in [0.4, 0.5) is 16.2 Å². The average Bonchev–Trinajstić information content (AvgIpc) is 3.13. The van der Waals surface area contributed by atoms with E-state index in [4.69, 9.17) is 9.84 Å². The van der Waals surface area contributed by atoms with E-state index in [0.29, 0.717) is 34.5 Å². The lowest BCUT2D eigenvalue weighted by atomic mass is 10.0. The van der Waals surface area contributed by atoms with Gasteiger partial charge in [-0.15, -0.1) is 0 Å². The molecule has 0 heterocycles. The van der Waals surface area contributed by atoms with E-state index in [1.807, 2.05) is 48.5 Å². The molecule has 272 valence electrons. The van der Waals surface area contributed by atoms with Crippen molar-refractivity contribution in [2.75, 3.05) is 22.6 Å². The first-order valence-corrected chi connectivity index (χ1v) is 19.4. The fourth-order valence-electron chi connectivity index (χ4n) is 6.07. The van der Waals surface area contributed by atoms with Gasteiger partial charge < -0.3 is 20.3 Å². The van der Waals surface area contributed by atoms with Gasteiger partial charge in [0.15, 0.2) is 0 Å². The number of rotatable bonds is 22. The number of benzene rings is 4. The summed E-state index contributed by atoms with van der Waals surface area (Å²) < 4.78 is 6.07. The molecule has 9 heteroatoms. The maximum atomic E-state index is 13.5. The molecule has 3 N–H and O–H groups in total. The number of fused-ring (bicyclic) bond motifs is 1. The van der Waals surface area contributed by atoms with Crippen molar-refractivity contribution in [2.45, 2.75) is 96.9 Å². The summed E-state index contributed by atoms with van der Waals surface area (Å²) in [6.45, 7) is 3.06. The Bertz CT molecular complexity index is 1700. The van der Waals surface area contributed by atoms with Crippen LogP contribution in [0.15, 0.2) is 84.9 Å². The van der Waals surface area contributed by atoms with Gasteiger partial charge >= 0.3 is 5.97 Å². The topological polar surface area (TPSA) is 116 Å². The van der Waals surface area contributed by atoms with Crippen molar-refractivity contribution in [1.82, 2.24) is 0 Å². The number of nitrogens with one attached hydrogen (secondary N) is 1. The largest absolute Gasteiger partial charge is 0.506 e. The normalized spacial score (nSPS) is 11.0. The zero-order valence-corrected chi connectivity index (χ0v) is 30.6. The number of para-hydroxylation sites is 2. The lowest BCUT2D eigenvalue weighted by Crippen LogP contribution is -2.27. The number of phenols is 1. The van der Waals surface area contributed by atoms with Gasteiger partial charge in [0.05, 0.1) is 36.5 Å². The number of aliphatic carboxylic acids is 1. The standard InChI is InChI=1S/C42H52N2O6S/c1-2-3-4-5-6-7-8-9-10-11-12-18-29-50-38-25-17-16-23-36(38)43-41(48)35-27-26-33-34(40(35)47)22-19-24-37(33)44(31-32-20-14-13-15-21-32)42(49)51-30-28-39(45)46/h13-17,19-27,47H,2-12,18,28-31H2,1H3,(H,43,48)(H,45,46). The molecule has 0 radical (unpaired) electrons. The summed E-state index contributed by atoms with van der Waals surface area (Å²) in [5.41, 5.74) is 2.05. The third-order valence-electron chi connectivity index (χ3n) is 8.88. The monoisotopic (exact) mass is 712 g/mol. The predicted molar refractivity (Wildman–Crippen MR) is 209 cm³/mol. The fraction of sp³-hybridized carbons (Fsp3) is 0.405. The Labute approximate surface area is 306 Å². The smallest absolute Gasteiger partial charge is 0.304 e. The van der Waals surface area contributed by atoms with Crippen LogP contribution >= 0.6 is 11.8 Å². The van der Waals surface area contributed by atoms with E-state index in [2.05, 4.69) is 12.2 Å². The number of carbonyl (C=O) groups excluding carboxylic acids is 2. The van der Waals surface area contributed by atoms with E-state index in [0.717, 1.165) is 30.2 Å². The molecule has 0 aliphatic rings. The quantitative estimate of drug-likeness (QED) is 0.0694. The average molecular weight is 713 g/mol. The Morgan fingerprint density at radius 3 is 2.06 bits per heavy atom. The zero-order valence-electron chi connectivity index (χ0n) is 29.8. The van der Waals surface area contributed by atoms with Crippen LogP contribution in [0.25, 0.3) is 10.8 Å². The highest BCUT2D eigenvalue weighted by Crippen LogP contribution is 2.37. The first kappa shape index (κ1) is 39.3. The number of carboxylic acids is 1. The molecule has 51 heavy (non-hydrogen) atoms. The van der Waals surface area contributed by atoms with Gasteiger partial charge in [-0.05, 0) is 36.2 Å². The van der Waals surface area contributed by atoms with Crippen LogP contribution in [0.2, 0.25) is 0 Å². The number of nitrogens with zero attached hydrogens (tertiary/aromatic N) is 1. The van der Waals surface area contributed by atoms with Gasteiger partial charge in [-0.1, -0.05) is 150 Å². The molecule has 0 bridgehead atoms. The highest BCUT2D eigenvalue weighted by atomic mass is 32.2. The number of carbonyl (C=O) groups is 3. The summed E-state index contributed by atoms with van der Waals surface area (Å²) in [4.78, 5) is 39.6. The fourth-order valence-corrected chi connectivity index (χ4v) is 6.84. The van der Waals surface area contributed by atoms with Crippen molar-refractivity contribution in [3.63, 3.8) is 0 Å². The number of unbranched alkanes of at least 4 members (excludes halogenated alkanes) is 11. The maximum absolute atomic E-state index is 13.5. The summed E-state index contributed by atoms with van der Waals surface area (Å²) in [5, 5.41) is 24.0. The molecule has 0 aromatic heterocycles. The summed E-state index contributed by atoms with van der Waals surface area (Å²) >= 11 is 0.933. The van der Waals surface area contributed by atoms with Gasteiger partial charge in [0.2, 0.25) is 0 Å². The number of hydrogen-bond acceptors (Lipinski definition) is 6. The Balaban J connectivity index is 1.37. The molecule has 0 spiro atoms.